The molecule has 11 nitrogen and oxygen atoms in total. The molecule has 1 heterocycles. The molecule has 2 unspecified atom stereocenters. The van der Waals surface area contributed by atoms with Crippen molar-refractivity contribution < 1.29 is 54.7 Å². The van der Waals surface area contributed by atoms with Crippen LogP contribution >= 0.6 is 0 Å². The zero-order valence-electron chi connectivity index (χ0n) is 18.7. The second kappa shape index (κ2) is 11.2. The molecule has 2 aromatic carbocycles. The van der Waals surface area contributed by atoms with E-state index < -0.39 is 49.5 Å². The first kappa shape index (κ1) is 26.0. The van der Waals surface area contributed by atoms with E-state index in [4.69, 9.17) is 18.9 Å². The van der Waals surface area contributed by atoms with Crippen LogP contribution in [0.2, 0.25) is 0 Å². The molecule has 1 aliphatic rings. The summed E-state index contributed by atoms with van der Waals surface area (Å²) in [7, 11) is 2.66. The van der Waals surface area contributed by atoms with Gasteiger partial charge in [-0.05, 0) is 29.8 Å². The van der Waals surface area contributed by atoms with Gasteiger partial charge in [0.15, 0.2) is 17.8 Å². The monoisotopic (exact) mass is 482 g/mol. The highest BCUT2D eigenvalue weighted by molar-refractivity contribution is 5.56. The first-order chi connectivity index (χ1) is 16.2. The van der Waals surface area contributed by atoms with Crippen LogP contribution in [-0.2, 0) is 15.9 Å². The maximum Gasteiger partial charge on any atom is 0.203 e. The lowest BCUT2D eigenvalue weighted by atomic mass is 9.96. The zero-order chi connectivity index (χ0) is 25.0. The van der Waals surface area contributed by atoms with Gasteiger partial charge in [-0.25, -0.2) is 0 Å². The largest absolute Gasteiger partial charge is 0.508 e. The molecule has 0 spiro atoms. The summed E-state index contributed by atoms with van der Waals surface area (Å²) < 4.78 is 21.9. The highest BCUT2D eigenvalue weighted by atomic mass is 16.7. The van der Waals surface area contributed by atoms with Crippen LogP contribution in [-0.4, -0.2) is 93.4 Å². The summed E-state index contributed by atoms with van der Waals surface area (Å²) in [6.45, 7) is -0.640. The number of rotatable bonds is 9. The van der Waals surface area contributed by atoms with E-state index in [1.54, 1.807) is 12.1 Å². The average molecular weight is 482 g/mol. The normalized spacial score (nSPS) is 26.6. The van der Waals surface area contributed by atoms with E-state index in [0.29, 0.717) is 5.56 Å². The van der Waals surface area contributed by atoms with Crippen molar-refractivity contribution in [2.24, 2.45) is 0 Å². The first-order valence-electron chi connectivity index (χ1n) is 10.6. The number of phenols is 2. The Morgan fingerprint density at radius 2 is 1.53 bits per heavy atom. The SMILES string of the molecule is COc1c(O)ccc(C(O)C(Cc2ccc(O)cc2)O[C@@H]2O[C@H](CO)[C@@H](O)[C@H](O)[C@H]2O)c1OC. The molecular formula is C23H30O11. The summed E-state index contributed by atoms with van der Waals surface area (Å²) in [5, 5.41) is 70.9. The zero-order valence-corrected chi connectivity index (χ0v) is 18.7. The number of hydrogen-bond acceptors (Lipinski definition) is 11. The van der Waals surface area contributed by atoms with Gasteiger partial charge in [-0.3, -0.25) is 0 Å². The van der Waals surface area contributed by atoms with Crippen LogP contribution in [0.4, 0.5) is 0 Å². The fourth-order valence-corrected chi connectivity index (χ4v) is 3.86. The number of aliphatic hydroxyl groups excluding tert-OH is 5. The first-order valence-corrected chi connectivity index (χ1v) is 10.6. The van der Waals surface area contributed by atoms with Crippen LogP contribution in [0.5, 0.6) is 23.0 Å². The van der Waals surface area contributed by atoms with E-state index in [1.165, 1.54) is 38.5 Å². The van der Waals surface area contributed by atoms with Crippen LogP contribution in [0.15, 0.2) is 36.4 Å². The van der Waals surface area contributed by atoms with Crippen LogP contribution in [0.3, 0.4) is 0 Å². The Morgan fingerprint density at radius 3 is 2.12 bits per heavy atom. The average Bonchev–Trinajstić information content (AvgIpc) is 2.84. The number of phenolic OH excluding ortho intramolecular Hbond substituents is 2. The number of hydrogen-bond donors (Lipinski definition) is 7. The lowest BCUT2D eigenvalue weighted by Gasteiger charge is -2.41. The summed E-state index contributed by atoms with van der Waals surface area (Å²) in [6, 6.07) is 8.86. The van der Waals surface area contributed by atoms with E-state index in [0.717, 1.165) is 0 Å². The maximum absolute atomic E-state index is 11.3. The number of aromatic hydroxyl groups is 2. The van der Waals surface area contributed by atoms with Gasteiger partial charge in [-0.1, -0.05) is 12.1 Å². The summed E-state index contributed by atoms with van der Waals surface area (Å²) in [4.78, 5) is 0. The number of benzene rings is 2. The van der Waals surface area contributed by atoms with Gasteiger partial charge in [0.05, 0.1) is 26.9 Å². The Morgan fingerprint density at radius 1 is 0.882 bits per heavy atom. The van der Waals surface area contributed by atoms with Crippen molar-refractivity contribution in [3.8, 4) is 23.0 Å². The number of aliphatic hydroxyl groups is 5. The van der Waals surface area contributed by atoms with Crippen LogP contribution < -0.4 is 9.47 Å². The van der Waals surface area contributed by atoms with Gasteiger partial charge in [-0.2, -0.15) is 0 Å². The Hall–Kier alpha value is -2.64. The van der Waals surface area contributed by atoms with Gasteiger partial charge in [0.2, 0.25) is 5.75 Å². The fraction of sp³-hybridized carbons (Fsp3) is 0.478. The van der Waals surface area contributed by atoms with Gasteiger partial charge in [0, 0.05) is 12.0 Å². The highest BCUT2D eigenvalue weighted by Crippen LogP contribution is 2.43. The second-order valence-corrected chi connectivity index (χ2v) is 7.93. The van der Waals surface area contributed by atoms with E-state index in [2.05, 4.69) is 0 Å². The fourth-order valence-electron chi connectivity index (χ4n) is 3.86. The molecule has 188 valence electrons. The van der Waals surface area contributed by atoms with Gasteiger partial charge in [0.25, 0.3) is 0 Å². The molecule has 1 aliphatic heterocycles. The topological polar surface area (TPSA) is 179 Å². The Balaban J connectivity index is 1.96. The predicted molar refractivity (Wildman–Crippen MR) is 117 cm³/mol. The molecule has 3 rings (SSSR count). The lowest BCUT2D eigenvalue weighted by Crippen LogP contribution is -2.60. The van der Waals surface area contributed by atoms with Gasteiger partial charge in [-0.15, -0.1) is 0 Å². The maximum atomic E-state index is 11.3. The summed E-state index contributed by atoms with van der Waals surface area (Å²) >= 11 is 0. The molecule has 0 saturated carbocycles. The van der Waals surface area contributed by atoms with E-state index >= 15 is 0 Å². The predicted octanol–water partition coefficient (Wildman–Crippen LogP) is -0.424. The molecule has 34 heavy (non-hydrogen) atoms. The molecule has 2 aromatic rings. The van der Waals surface area contributed by atoms with Crippen molar-refractivity contribution in [2.75, 3.05) is 20.8 Å². The summed E-state index contributed by atoms with van der Waals surface area (Å²) in [5.41, 5.74) is 0.849. The molecule has 7 N–H and O–H groups in total. The van der Waals surface area contributed by atoms with Crippen molar-refractivity contribution >= 4 is 0 Å². The minimum Gasteiger partial charge on any atom is -0.508 e. The van der Waals surface area contributed by atoms with Crippen LogP contribution in [0.25, 0.3) is 0 Å². The molecule has 0 radical (unpaired) electrons. The lowest BCUT2D eigenvalue weighted by molar-refractivity contribution is -0.317. The Bertz CT molecular complexity index is 933. The third-order valence-electron chi connectivity index (χ3n) is 5.73. The van der Waals surface area contributed by atoms with Gasteiger partial charge >= 0.3 is 0 Å². The number of ether oxygens (including phenoxy) is 4. The van der Waals surface area contributed by atoms with E-state index in [9.17, 15) is 35.7 Å². The van der Waals surface area contributed by atoms with Crippen molar-refractivity contribution in [1.29, 1.82) is 0 Å². The van der Waals surface area contributed by atoms with Crippen LogP contribution in [0.1, 0.15) is 17.2 Å². The molecule has 11 heteroatoms. The highest BCUT2D eigenvalue weighted by Gasteiger charge is 2.45. The third kappa shape index (κ3) is 5.36. The standard InChI is InChI=1S/C23H30O11/c1-31-21-13(7-8-14(26)22(21)32-2)17(27)15(9-11-3-5-12(25)6-4-11)33-23-20(30)19(29)18(28)16(10-24)34-23/h3-8,15-20,23-30H,9-10H2,1-2H3/t15?,16-,17?,18-,19+,20-,23-/m1/s1. The van der Waals surface area contributed by atoms with Crippen molar-refractivity contribution in [3.05, 3.63) is 47.5 Å². The minimum atomic E-state index is -1.68. The van der Waals surface area contributed by atoms with Crippen molar-refractivity contribution in [2.45, 2.75) is 49.3 Å². The molecule has 0 aromatic heterocycles. The molecule has 0 aliphatic carbocycles. The molecule has 0 amide bonds. The van der Waals surface area contributed by atoms with Gasteiger partial charge < -0.3 is 54.7 Å². The quantitative estimate of drug-likeness (QED) is 0.247. The summed E-state index contributed by atoms with van der Waals surface area (Å²) in [6.07, 6.45) is -10.1. The molecule has 0 bridgehead atoms. The summed E-state index contributed by atoms with van der Waals surface area (Å²) in [5.74, 6) is -0.112. The van der Waals surface area contributed by atoms with E-state index in [1.807, 2.05) is 0 Å². The Labute approximate surface area is 196 Å². The van der Waals surface area contributed by atoms with Crippen LogP contribution in [0, 0.1) is 0 Å². The minimum absolute atomic E-state index is 0.00438. The third-order valence-corrected chi connectivity index (χ3v) is 5.73. The molecular weight excluding hydrogens is 452 g/mol. The Kier molecular flexibility index (Phi) is 8.55. The number of methoxy groups -OCH3 is 2. The molecule has 1 saturated heterocycles. The van der Waals surface area contributed by atoms with Gasteiger partial charge in [0.1, 0.15) is 36.3 Å². The van der Waals surface area contributed by atoms with E-state index in [-0.39, 0.29) is 35.0 Å². The smallest absolute Gasteiger partial charge is 0.203 e. The van der Waals surface area contributed by atoms with Crippen molar-refractivity contribution in [1.82, 2.24) is 0 Å². The molecule has 7 atom stereocenters. The molecule has 1 fully saturated rings. The van der Waals surface area contributed by atoms with Crippen molar-refractivity contribution in [3.63, 3.8) is 0 Å². The second-order valence-electron chi connectivity index (χ2n) is 7.93.